The third-order valence-corrected chi connectivity index (χ3v) is 4.51. The van der Waals surface area contributed by atoms with Crippen LogP contribution in [0.4, 0.5) is 0 Å². The van der Waals surface area contributed by atoms with Gasteiger partial charge in [0.05, 0.1) is 5.02 Å². The third kappa shape index (κ3) is 5.40. The molecule has 0 saturated heterocycles. The van der Waals surface area contributed by atoms with E-state index in [1.807, 2.05) is 18.2 Å². The maximum Gasteiger partial charge on any atom is 0.0548 e. The molecule has 1 rings (SSSR count). The molecule has 5 heteroatoms. The first-order valence-electron chi connectivity index (χ1n) is 6.73. The van der Waals surface area contributed by atoms with Crippen LogP contribution in [-0.2, 0) is 0 Å². The minimum atomic E-state index is 0.170. The van der Waals surface area contributed by atoms with Gasteiger partial charge in [0, 0.05) is 30.1 Å². The van der Waals surface area contributed by atoms with Gasteiger partial charge in [0.2, 0.25) is 0 Å². The van der Waals surface area contributed by atoms with Crippen molar-refractivity contribution in [2.24, 2.45) is 5.73 Å². The zero-order chi connectivity index (χ0) is 14.3. The largest absolute Gasteiger partial charge is 0.329 e. The summed E-state index contributed by atoms with van der Waals surface area (Å²) in [6.07, 6.45) is 0. The molecule has 3 N–H and O–H groups in total. The average Bonchev–Trinajstić information content (AvgIpc) is 2.42. The fourth-order valence-corrected chi connectivity index (χ4v) is 2.52. The van der Waals surface area contributed by atoms with Crippen LogP contribution in [-0.4, -0.2) is 37.6 Å². The molecular formula is C14H23BrClN3. The van der Waals surface area contributed by atoms with Gasteiger partial charge in [-0.15, -0.1) is 0 Å². The SMILES string of the molecule is CCN(CC)CCNC(CN)c1ccc(Cl)c(Br)c1. The molecule has 1 atom stereocenters. The molecule has 1 aromatic carbocycles. The summed E-state index contributed by atoms with van der Waals surface area (Å²) in [4.78, 5) is 2.39. The van der Waals surface area contributed by atoms with E-state index in [9.17, 15) is 0 Å². The highest BCUT2D eigenvalue weighted by atomic mass is 79.9. The summed E-state index contributed by atoms with van der Waals surface area (Å²) in [5.41, 5.74) is 7.02. The van der Waals surface area contributed by atoms with E-state index >= 15 is 0 Å². The summed E-state index contributed by atoms with van der Waals surface area (Å²) >= 11 is 9.46. The van der Waals surface area contributed by atoms with Crippen LogP contribution in [0.2, 0.25) is 5.02 Å². The fourth-order valence-electron chi connectivity index (χ4n) is 2.00. The third-order valence-electron chi connectivity index (χ3n) is 3.29. The molecule has 0 fully saturated rings. The van der Waals surface area contributed by atoms with Crippen LogP contribution in [0.1, 0.15) is 25.5 Å². The van der Waals surface area contributed by atoms with Crippen molar-refractivity contribution in [2.45, 2.75) is 19.9 Å². The van der Waals surface area contributed by atoms with Crippen LogP contribution in [0.3, 0.4) is 0 Å². The minimum absolute atomic E-state index is 0.170. The molecule has 0 amide bonds. The smallest absolute Gasteiger partial charge is 0.0548 e. The second-order valence-corrected chi connectivity index (χ2v) is 5.70. The van der Waals surface area contributed by atoms with E-state index in [0.717, 1.165) is 35.7 Å². The van der Waals surface area contributed by atoms with Crippen LogP contribution in [0.15, 0.2) is 22.7 Å². The van der Waals surface area contributed by atoms with Gasteiger partial charge in [0.25, 0.3) is 0 Å². The summed E-state index contributed by atoms with van der Waals surface area (Å²) in [5.74, 6) is 0. The predicted molar refractivity (Wildman–Crippen MR) is 86.7 cm³/mol. The Morgan fingerprint density at radius 2 is 2.05 bits per heavy atom. The Balaban J connectivity index is 2.55. The highest BCUT2D eigenvalue weighted by Crippen LogP contribution is 2.25. The van der Waals surface area contributed by atoms with Crippen molar-refractivity contribution in [1.29, 1.82) is 0 Å². The Labute approximate surface area is 129 Å². The molecule has 0 bridgehead atoms. The first kappa shape index (κ1) is 16.9. The van der Waals surface area contributed by atoms with Crippen molar-refractivity contribution in [3.8, 4) is 0 Å². The molecule has 0 radical (unpaired) electrons. The number of nitrogens with one attached hydrogen (secondary N) is 1. The van der Waals surface area contributed by atoms with Crippen LogP contribution in [0.5, 0.6) is 0 Å². The molecule has 1 unspecified atom stereocenters. The topological polar surface area (TPSA) is 41.3 Å². The summed E-state index contributed by atoms with van der Waals surface area (Å²) in [5, 5.41) is 4.23. The number of halogens is 2. The van der Waals surface area contributed by atoms with Crippen molar-refractivity contribution in [1.82, 2.24) is 10.2 Å². The van der Waals surface area contributed by atoms with Gasteiger partial charge >= 0.3 is 0 Å². The van der Waals surface area contributed by atoms with Crippen LogP contribution in [0, 0.1) is 0 Å². The van der Waals surface area contributed by atoms with E-state index in [1.165, 1.54) is 5.56 Å². The zero-order valence-corrected chi connectivity index (χ0v) is 14.0. The lowest BCUT2D eigenvalue weighted by Gasteiger charge is -2.22. The highest BCUT2D eigenvalue weighted by molar-refractivity contribution is 9.10. The molecule has 108 valence electrons. The van der Waals surface area contributed by atoms with Crippen LogP contribution < -0.4 is 11.1 Å². The molecule has 0 heterocycles. The molecule has 0 aliphatic rings. The van der Waals surface area contributed by atoms with Gasteiger partial charge in [0.1, 0.15) is 0 Å². The van der Waals surface area contributed by atoms with Crippen molar-refractivity contribution in [3.63, 3.8) is 0 Å². The first-order chi connectivity index (χ1) is 9.12. The monoisotopic (exact) mass is 347 g/mol. The molecule has 0 aliphatic carbocycles. The lowest BCUT2D eigenvalue weighted by atomic mass is 10.1. The lowest BCUT2D eigenvalue weighted by molar-refractivity contribution is 0.297. The quantitative estimate of drug-likeness (QED) is 0.759. The molecule has 1 aromatic rings. The first-order valence-corrected chi connectivity index (χ1v) is 7.90. The van der Waals surface area contributed by atoms with E-state index in [4.69, 9.17) is 17.3 Å². The average molecular weight is 349 g/mol. The number of rotatable bonds is 8. The molecule has 0 aromatic heterocycles. The molecule has 0 spiro atoms. The van der Waals surface area contributed by atoms with Crippen molar-refractivity contribution in [3.05, 3.63) is 33.3 Å². The van der Waals surface area contributed by atoms with Gasteiger partial charge in [-0.05, 0) is 46.7 Å². The Morgan fingerprint density at radius 1 is 1.37 bits per heavy atom. The number of hydrogen-bond acceptors (Lipinski definition) is 3. The van der Waals surface area contributed by atoms with Gasteiger partial charge in [-0.25, -0.2) is 0 Å². The lowest BCUT2D eigenvalue weighted by Crippen LogP contribution is -2.36. The van der Waals surface area contributed by atoms with E-state index in [-0.39, 0.29) is 6.04 Å². The minimum Gasteiger partial charge on any atom is -0.329 e. The van der Waals surface area contributed by atoms with Crippen molar-refractivity contribution in [2.75, 3.05) is 32.7 Å². The van der Waals surface area contributed by atoms with Gasteiger partial charge in [-0.1, -0.05) is 31.5 Å². The number of nitrogens with zero attached hydrogens (tertiary/aromatic N) is 1. The maximum absolute atomic E-state index is 6.01. The van der Waals surface area contributed by atoms with Gasteiger partial charge in [-0.3, -0.25) is 0 Å². The molecule has 3 nitrogen and oxygen atoms in total. The van der Waals surface area contributed by atoms with Gasteiger partial charge in [0.15, 0.2) is 0 Å². The van der Waals surface area contributed by atoms with Gasteiger partial charge in [-0.2, -0.15) is 0 Å². The second-order valence-electron chi connectivity index (χ2n) is 4.44. The Kier molecular flexibility index (Phi) is 7.95. The summed E-state index contributed by atoms with van der Waals surface area (Å²) < 4.78 is 0.913. The summed E-state index contributed by atoms with van der Waals surface area (Å²) in [6.45, 7) is 9.07. The predicted octanol–water partition coefficient (Wildman–Crippen LogP) is 3.03. The number of likely N-dealkylation sites (N-methyl/N-ethyl adjacent to an activating group) is 1. The summed E-state index contributed by atoms with van der Waals surface area (Å²) in [6, 6.07) is 6.12. The van der Waals surface area contributed by atoms with E-state index < -0.39 is 0 Å². The molecule has 19 heavy (non-hydrogen) atoms. The van der Waals surface area contributed by atoms with Crippen LogP contribution in [0.25, 0.3) is 0 Å². The zero-order valence-electron chi connectivity index (χ0n) is 11.6. The number of nitrogens with two attached hydrogens (primary N) is 1. The van der Waals surface area contributed by atoms with Crippen molar-refractivity contribution >= 4 is 27.5 Å². The standard InChI is InChI=1S/C14H23BrClN3/c1-3-19(4-2)8-7-18-14(10-17)11-5-6-13(16)12(15)9-11/h5-6,9,14,18H,3-4,7-8,10,17H2,1-2H3. The molecule has 0 aliphatic heterocycles. The van der Waals surface area contributed by atoms with Crippen molar-refractivity contribution < 1.29 is 0 Å². The number of benzene rings is 1. The second kappa shape index (κ2) is 8.93. The summed E-state index contributed by atoms with van der Waals surface area (Å²) in [7, 11) is 0. The highest BCUT2D eigenvalue weighted by Gasteiger charge is 2.10. The fraction of sp³-hybridized carbons (Fsp3) is 0.571. The van der Waals surface area contributed by atoms with E-state index in [1.54, 1.807) is 0 Å². The Bertz CT molecular complexity index is 383. The normalized spacial score (nSPS) is 12.9. The number of hydrogen-bond donors (Lipinski definition) is 2. The van der Waals surface area contributed by atoms with E-state index in [0.29, 0.717) is 6.54 Å². The Hall–Kier alpha value is -0.130. The Morgan fingerprint density at radius 3 is 2.58 bits per heavy atom. The molecule has 0 saturated carbocycles. The maximum atomic E-state index is 6.01. The van der Waals surface area contributed by atoms with Gasteiger partial charge < -0.3 is 16.0 Å². The molecular weight excluding hydrogens is 326 g/mol. The van der Waals surface area contributed by atoms with E-state index in [2.05, 4.69) is 40.0 Å². The van der Waals surface area contributed by atoms with Crippen LogP contribution >= 0.6 is 27.5 Å².